The molecule has 2 amide bonds. The molecule has 1 N–H and O–H groups in total. The van der Waals surface area contributed by atoms with Crippen molar-refractivity contribution in [2.24, 2.45) is 0 Å². The number of esters is 1. The van der Waals surface area contributed by atoms with Gasteiger partial charge in [0.05, 0.1) is 7.11 Å². The van der Waals surface area contributed by atoms with Gasteiger partial charge in [-0.15, -0.1) is 11.8 Å². The quantitative estimate of drug-likeness (QED) is 0.416. The summed E-state index contributed by atoms with van der Waals surface area (Å²) >= 11 is 1.49. The maximum atomic E-state index is 12.0. The number of hydrogen-bond donors (Lipinski definition) is 1. The molecule has 0 aliphatic carbocycles. The first kappa shape index (κ1) is 12.9. The summed E-state index contributed by atoms with van der Waals surface area (Å²) in [6.07, 6.45) is 0. The number of nitrogens with one attached hydrogen (secondary N) is 1. The summed E-state index contributed by atoms with van der Waals surface area (Å²) < 4.78 is 4.69. The smallest absolute Gasteiger partial charge is 0.332 e. The van der Waals surface area contributed by atoms with E-state index < -0.39 is 18.1 Å². The normalized spacial score (nSPS) is 30.3. The van der Waals surface area contributed by atoms with Crippen molar-refractivity contribution in [2.75, 3.05) is 12.9 Å². The highest BCUT2D eigenvalue weighted by molar-refractivity contribution is 8.00. The Kier molecular flexibility index (Phi) is 3.34. The minimum atomic E-state index is -0.723. The minimum Gasteiger partial charge on any atom is -0.467 e. The Morgan fingerprint density at radius 1 is 1.56 bits per heavy atom. The van der Waals surface area contributed by atoms with Crippen molar-refractivity contribution in [3.63, 3.8) is 0 Å². The molecule has 2 aliphatic heterocycles. The molecule has 6 nitrogen and oxygen atoms in total. The first-order valence-corrected chi connectivity index (χ1v) is 6.48. The SMILES string of the molecule is C=C1CS[C@H]2[C@H](NC(C)=O)C(=O)N2C1C(=O)OC. The van der Waals surface area contributed by atoms with Crippen LogP contribution in [-0.4, -0.2) is 53.0 Å². The fourth-order valence-electron chi connectivity index (χ4n) is 2.15. The molecule has 0 aromatic carbocycles. The zero-order valence-corrected chi connectivity index (χ0v) is 11.0. The van der Waals surface area contributed by atoms with Gasteiger partial charge in [-0.2, -0.15) is 0 Å². The van der Waals surface area contributed by atoms with Crippen molar-refractivity contribution in [1.82, 2.24) is 10.2 Å². The van der Waals surface area contributed by atoms with E-state index >= 15 is 0 Å². The Hall–Kier alpha value is -1.50. The Morgan fingerprint density at radius 3 is 2.78 bits per heavy atom. The zero-order valence-electron chi connectivity index (χ0n) is 10.1. The zero-order chi connectivity index (χ0) is 13.4. The van der Waals surface area contributed by atoms with Gasteiger partial charge in [-0.05, 0) is 5.57 Å². The number of hydrogen-bond acceptors (Lipinski definition) is 5. The van der Waals surface area contributed by atoms with E-state index in [4.69, 9.17) is 0 Å². The summed E-state index contributed by atoms with van der Waals surface area (Å²) in [4.78, 5) is 36.1. The van der Waals surface area contributed by atoms with Crippen LogP contribution in [0.5, 0.6) is 0 Å². The third-order valence-corrected chi connectivity index (χ3v) is 4.35. The molecule has 18 heavy (non-hydrogen) atoms. The molecule has 0 aromatic rings. The monoisotopic (exact) mass is 270 g/mol. The average Bonchev–Trinajstić information content (AvgIpc) is 2.34. The number of ether oxygens (including phenoxy) is 1. The highest BCUT2D eigenvalue weighted by atomic mass is 32.2. The van der Waals surface area contributed by atoms with E-state index in [1.165, 1.54) is 30.7 Å². The second kappa shape index (κ2) is 4.64. The molecule has 0 spiro atoms. The standard InChI is InChI=1S/C11H14N2O4S/c1-5-4-18-10-7(12-6(2)14)9(15)13(10)8(5)11(16)17-3/h7-8,10H,1,4H2,2-3H3,(H,12,14)/t7-,8?,10+/m1/s1. The first-order valence-electron chi connectivity index (χ1n) is 5.43. The van der Waals surface area contributed by atoms with Gasteiger partial charge in [0.1, 0.15) is 11.4 Å². The lowest BCUT2D eigenvalue weighted by Gasteiger charge is -2.52. The van der Waals surface area contributed by atoms with Crippen LogP contribution in [0.15, 0.2) is 12.2 Å². The summed E-state index contributed by atoms with van der Waals surface area (Å²) in [5, 5.41) is 2.38. The van der Waals surface area contributed by atoms with Gasteiger partial charge in [-0.25, -0.2) is 4.79 Å². The molecule has 2 heterocycles. The fourth-order valence-corrected chi connectivity index (χ4v) is 3.45. The largest absolute Gasteiger partial charge is 0.467 e. The summed E-state index contributed by atoms with van der Waals surface area (Å²) in [7, 11) is 1.28. The molecule has 2 fully saturated rings. The van der Waals surface area contributed by atoms with E-state index in [0.29, 0.717) is 11.3 Å². The highest BCUT2D eigenvalue weighted by Crippen LogP contribution is 2.40. The molecule has 2 rings (SSSR count). The second-order valence-corrected chi connectivity index (χ2v) is 5.31. The lowest BCUT2D eigenvalue weighted by molar-refractivity contribution is -0.161. The molecule has 98 valence electrons. The van der Waals surface area contributed by atoms with Crippen molar-refractivity contribution in [3.8, 4) is 0 Å². The van der Waals surface area contributed by atoms with Gasteiger partial charge in [0.15, 0.2) is 6.04 Å². The van der Waals surface area contributed by atoms with E-state index in [-0.39, 0.29) is 17.2 Å². The number of carbonyl (C=O) groups is 3. The lowest BCUT2D eigenvalue weighted by atomic mass is 9.98. The van der Waals surface area contributed by atoms with E-state index in [1.54, 1.807) is 0 Å². The van der Waals surface area contributed by atoms with Gasteiger partial charge >= 0.3 is 5.97 Å². The predicted molar refractivity (Wildman–Crippen MR) is 65.6 cm³/mol. The van der Waals surface area contributed by atoms with Crippen molar-refractivity contribution in [2.45, 2.75) is 24.4 Å². The van der Waals surface area contributed by atoms with Gasteiger partial charge in [-0.1, -0.05) is 6.58 Å². The Labute approximate surface area is 109 Å². The molecule has 2 aliphatic rings. The number of nitrogens with zero attached hydrogens (tertiary/aromatic N) is 1. The number of thioether (sulfide) groups is 1. The highest BCUT2D eigenvalue weighted by Gasteiger charge is 2.56. The van der Waals surface area contributed by atoms with E-state index in [2.05, 4.69) is 16.6 Å². The van der Waals surface area contributed by atoms with Gasteiger partial charge < -0.3 is 15.0 Å². The predicted octanol–water partition coefficient (Wildman–Crippen LogP) is -0.496. The van der Waals surface area contributed by atoms with Gasteiger partial charge in [-0.3, -0.25) is 9.59 Å². The lowest BCUT2D eigenvalue weighted by Crippen LogP contribution is -2.74. The summed E-state index contributed by atoms with van der Waals surface area (Å²) in [6.45, 7) is 5.16. The molecule has 0 saturated carbocycles. The fraction of sp³-hybridized carbons (Fsp3) is 0.545. The van der Waals surface area contributed by atoms with Crippen molar-refractivity contribution in [3.05, 3.63) is 12.2 Å². The van der Waals surface area contributed by atoms with Crippen LogP contribution in [0.2, 0.25) is 0 Å². The first-order chi connectivity index (χ1) is 8.47. The molecule has 7 heteroatoms. The van der Waals surface area contributed by atoms with Gasteiger partial charge in [0, 0.05) is 12.7 Å². The van der Waals surface area contributed by atoms with Gasteiger partial charge in [0.25, 0.3) is 0 Å². The molecule has 0 radical (unpaired) electrons. The summed E-state index contributed by atoms with van der Waals surface area (Å²) in [6, 6.07) is -1.27. The topological polar surface area (TPSA) is 75.7 Å². The molecule has 0 bridgehead atoms. The Balaban J connectivity index is 2.17. The number of β-lactam (4-membered cyclic amide) rings is 1. The van der Waals surface area contributed by atoms with Crippen LogP contribution in [0.4, 0.5) is 0 Å². The van der Waals surface area contributed by atoms with Crippen molar-refractivity contribution >= 4 is 29.5 Å². The molecular formula is C11H14N2O4S. The van der Waals surface area contributed by atoms with Crippen LogP contribution in [0.25, 0.3) is 0 Å². The number of rotatable bonds is 2. The third kappa shape index (κ3) is 1.88. The number of methoxy groups -OCH3 is 1. The van der Waals surface area contributed by atoms with E-state index in [9.17, 15) is 14.4 Å². The summed E-state index contributed by atoms with van der Waals surface area (Å²) in [5.41, 5.74) is 0.651. The number of amides is 2. The maximum Gasteiger partial charge on any atom is 0.332 e. The van der Waals surface area contributed by atoms with E-state index in [1.807, 2.05) is 0 Å². The van der Waals surface area contributed by atoms with Crippen LogP contribution < -0.4 is 5.32 Å². The minimum absolute atomic E-state index is 0.212. The van der Waals surface area contributed by atoms with Crippen molar-refractivity contribution < 1.29 is 19.1 Å². The molecule has 1 unspecified atom stereocenters. The third-order valence-electron chi connectivity index (χ3n) is 2.97. The molecule has 2 saturated heterocycles. The van der Waals surface area contributed by atoms with Crippen LogP contribution >= 0.6 is 11.8 Å². The molecule has 3 atom stereocenters. The Bertz CT molecular complexity index is 429. The number of fused-ring (bicyclic) bond motifs is 1. The maximum absolute atomic E-state index is 12.0. The Morgan fingerprint density at radius 2 is 2.22 bits per heavy atom. The molecule has 0 aromatic heterocycles. The molecular weight excluding hydrogens is 256 g/mol. The van der Waals surface area contributed by atoms with Crippen LogP contribution in [0.3, 0.4) is 0 Å². The average molecular weight is 270 g/mol. The number of carbonyl (C=O) groups excluding carboxylic acids is 3. The van der Waals surface area contributed by atoms with Crippen molar-refractivity contribution in [1.29, 1.82) is 0 Å². The summed E-state index contributed by atoms with van der Waals surface area (Å²) in [5.74, 6) is -0.434. The van der Waals surface area contributed by atoms with Gasteiger partial charge in [0.2, 0.25) is 11.8 Å². The second-order valence-electron chi connectivity index (χ2n) is 4.21. The van der Waals surface area contributed by atoms with Crippen LogP contribution in [0.1, 0.15) is 6.92 Å². The van der Waals surface area contributed by atoms with Crippen LogP contribution in [-0.2, 0) is 19.1 Å². The van der Waals surface area contributed by atoms with E-state index in [0.717, 1.165) is 0 Å². The van der Waals surface area contributed by atoms with Crippen LogP contribution in [0, 0.1) is 0 Å².